The summed E-state index contributed by atoms with van der Waals surface area (Å²) in [6.07, 6.45) is 0. The van der Waals surface area contributed by atoms with Crippen molar-refractivity contribution >= 4 is 37.0 Å². The second-order valence-corrected chi connectivity index (χ2v) is 7.08. The van der Waals surface area contributed by atoms with Crippen LogP contribution in [0.3, 0.4) is 0 Å². The first kappa shape index (κ1) is 13.5. The van der Waals surface area contributed by atoms with Crippen molar-refractivity contribution in [2.24, 2.45) is 0 Å². The zero-order valence-corrected chi connectivity index (χ0v) is 11.5. The lowest BCUT2D eigenvalue weighted by Crippen LogP contribution is -2.25. The minimum Gasteiger partial charge on any atom is -0.341 e. The Labute approximate surface area is 103 Å². The van der Waals surface area contributed by atoms with Crippen LogP contribution in [0.5, 0.6) is 0 Å². The number of halogens is 1. The van der Waals surface area contributed by atoms with Gasteiger partial charge in [0.1, 0.15) is 0 Å². The lowest BCUT2D eigenvalue weighted by molar-refractivity contribution is 0.0807. The lowest BCUT2D eigenvalue weighted by Gasteiger charge is -2.12. The summed E-state index contributed by atoms with van der Waals surface area (Å²) in [6.45, 7) is 4.04. The van der Waals surface area contributed by atoms with E-state index in [9.17, 15) is 13.2 Å². The lowest BCUT2D eigenvalue weighted by atomic mass is 10.4. The number of hydrogen-bond acceptors (Lipinski definition) is 4. The first-order valence-corrected chi connectivity index (χ1v) is 7.70. The van der Waals surface area contributed by atoms with Crippen LogP contribution in [-0.2, 0) is 9.05 Å². The van der Waals surface area contributed by atoms with Gasteiger partial charge in [0.05, 0.1) is 9.77 Å². The predicted molar refractivity (Wildman–Crippen MR) is 64.7 cm³/mol. The maximum atomic E-state index is 11.8. The van der Waals surface area contributed by atoms with Gasteiger partial charge in [-0.15, -0.1) is 11.3 Å². The largest absolute Gasteiger partial charge is 0.341 e. The number of rotatable bonds is 3. The Kier molecular flexibility index (Phi) is 3.98. The molecule has 1 heterocycles. The Hall–Kier alpha value is -0.590. The number of hydrogen-bond donors (Lipinski definition) is 0. The average molecular weight is 282 g/mol. The first-order valence-electron chi connectivity index (χ1n) is 4.58. The number of aryl methyl sites for hydroxylation is 1. The normalized spacial score (nSPS) is 11.5. The van der Waals surface area contributed by atoms with Crippen molar-refractivity contribution < 1.29 is 13.2 Å². The van der Waals surface area contributed by atoms with E-state index in [0.29, 0.717) is 16.3 Å². The quantitative estimate of drug-likeness (QED) is 0.797. The zero-order valence-electron chi connectivity index (χ0n) is 9.15. The van der Waals surface area contributed by atoms with Gasteiger partial charge in [-0.3, -0.25) is 4.79 Å². The molecular formula is C9H12ClNO3S2. The Balaban J connectivity index is 3.17. The highest BCUT2D eigenvalue weighted by atomic mass is 35.7. The van der Waals surface area contributed by atoms with Crippen LogP contribution >= 0.6 is 22.0 Å². The highest BCUT2D eigenvalue weighted by molar-refractivity contribution is 8.13. The Morgan fingerprint density at radius 3 is 2.50 bits per heavy atom. The molecule has 0 spiro atoms. The number of thiophene rings is 1. The molecule has 0 aromatic carbocycles. The third-order valence-electron chi connectivity index (χ3n) is 2.17. The zero-order chi connectivity index (χ0) is 12.5. The van der Waals surface area contributed by atoms with Crippen molar-refractivity contribution in [2.45, 2.75) is 18.7 Å². The molecule has 16 heavy (non-hydrogen) atoms. The molecule has 0 saturated heterocycles. The van der Waals surface area contributed by atoms with E-state index in [1.165, 1.54) is 11.0 Å². The molecule has 7 heteroatoms. The SMILES string of the molecule is CCN(C)C(=O)c1cc(S(=O)(=O)Cl)c(C)s1. The molecule has 0 saturated carbocycles. The van der Waals surface area contributed by atoms with Gasteiger partial charge in [-0.2, -0.15) is 0 Å². The van der Waals surface area contributed by atoms with Crippen LogP contribution in [0.1, 0.15) is 21.5 Å². The molecule has 0 aliphatic rings. The molecule has 0 bridgehead atoms. The molecular weight excluding hydrogens is 270 g/mol. The van der Waals surface area contributed by atoms with Gasteiger partial charge in [-0.25, -0.2) is 8.42 Å². The van der Waals surface area contributed by atoms with E-state index >= 15 is 0 Å². The van der Waals surface area contributed by atoms with Crippen molar-refractivity contribution in [1.29, 1.82) is 0 Å². The average Bonchev–Trinajstić information content (AvgIpc) is 2.57. The smallest absolute Gasteiger partial charge is 0.263 e. The summed E-state index contributed by atoms with van der Waals surface area (Å²) >= 11 is 1.14. The van der Waals surface area contributed by atoms with E-state index in [1.807, 2.05) is 6.92 Å². The third kappa shape index (κ3) is 2.75. The Morgan fingerprint density at radius 1 is 1.56 bits per heavy atom. The maximum absolute atomic E-state index is 11.8. The molecule has 0 radical (unpaired) electrons. The van der Waals surface area contributed by atoms with E-state index in [-0.39, 0.29) is 10.8 Å². The highest BCUT2D eigenvalue weighted by Gasteiger charge is 2.21. The molecule has 1 rings (SSSR count). The molecule has 0 unspecified atom stereocenters. The fourth-order valence-corrected chi connectivity index (χ4v) is 3.80. The minimum absolute atomic E-state index is 0.0204. The van der Waals surface area contributed by atoms with Crippen molar-refractivity contribution in [3.05, 3.63) is 15.8 Å². The van der Waals surface area contributed by atoms with Gasteiger partial charge in [-0.05, 0) is 19.9 Å². The number of amides is 1. The summed E-state index contributed by atoms with van der Waals surface area (Å²) in [5, 5.41) is 0. The fourth-order valence-electron chi connectivity index (χ4n) is 1.14. The summed E-state index contributed by atoms with van der Waals surface area (Å²) < 4.78 is 22.4. The maximum Gasteiger partial charge on any atom is 0.263 e. The fraction of sp³-hybridized carbons (Fsp3) is 0.444. The van der Waals surface area contributed by atoms with E-state index in [4.69, 9.17) is 10.7 Å². The number of nitrogens with zero attached hydrogens (tertiary/aromatic N) is 1. The Bertz CT molecular complexity index is 507. The first-order chi connectivity index (χ1) is 7.27. The van der Waals surface area contributed by atoms with E-state index < -0.39 is 9.05 Å². The monoisotopic (exact) mass is 281 g/mol. The van der Waals surface area contributed by atoms with Gasteiger partial charge in [0.25, 0.3) is 15.0 Å². The molecule has 0 fully saturated rings. The molecule has 0 N–H and O–H groups in total. The van der Waals surface area contributed by atoms with E-state index in [1.54, 1.807) is 14.0 Å². The van der Waals surface area contributed by atoms with Crippen molar-refractivity contribution in [3.8, 4) is 0 Å². The molecule has 1 aromatic heterocycles. The van der Waals surface area contributed by atoms with Crippen LogP contribution < -0.4 is 0 Å². The molecule has 0 aliphatic carbocycles. The van der Waals surface area contributed by atoms with Crippen molar-refractivity contribution in [2.75, 3.05) is 13.6 Å². The summed E-state index contributed by atoms with van der Waals surface area (Å²) in [6, 6.07) is 1.33. The van der Waals surface area contributed by atoms with Crippen molar-refractivity contribution in [3.63, 3.8) is 0 Å². The standard InChI is InChI=1S/C9H12ClNO3S2/c1-4-11(3)9(12)7-5-8(6(2)15-7)16(10,13)14/h5H,4H2,1-3H3. The molecule has 1 aromatic rings. The topological polar surface area (TPSA) is 54.5 Å². The van der Waals surface area contributed by atoms with Gasteiger partial charge in [0, 0.05) is 29.2 Å². The summed E-state index contributed by atoms with van der Waals surface area (Å²) in [7, 11) is 3.14. The second kappa shape index (κ2) is 4.73. The van der Waals surface area contributed by atoms with Gasteiger partial charge in [0.15, 0.2) is 0 Å². The van der Waals surface area contributed by atoms with Gasteiger partial charge >= 0.3 is 0 Å². The number of carbonyl (C=O) groups is 1. The molecule has 0 atom stereocenters. The summed E-state index contributed by atoms with van der Waals surface area (Å²) in [4.78, 5) is 14.2. The van der Waals surface area contributed by atoms with E-state index in [2.05, 4.69) is 0 Å². The molecule has 90 valence electrons. The summed E-state index contributed by atoms with van der Waals surface area (Å²) in [5.41, 5.74) is 0. The van der Waals surface area contributed by atoms with E-state index in [0.717, 1.165) is 11.3 Å². The third-order valence-corrected chi connectivity index (χ3v) is 4.78. The van der Waals surface area contributed by atoms with Gasteiger partial charge in [-0.1, -0.05) is 0 Å². The highest BCUT2D eigenvalue weighted by Crippen LogP contribution is 2.28. The molecule has 0 aliphatic heterocycles. The van der Waals surface area contributed by atoms with Gasteiger partial charge in [0.2, 0.25) is 0 Å². The molecule has 4 nitrogen and oxygen atoms in total. The van der Waals surface area contributed by atoms with Crippen LogP contribution in [-0.4, -0.2) is 32.8 Å². The minimum atomic E-state index is -3.77. The van der Waals surface area contributed by atoms with Gasteiger partial charge < -0.3 is 4.90 Å². The van der Waals surface area contributed by atoms with Crippen molar-refractivity contribution in [1.82, 2.24) is 4.90 Å². The predicted octanol–water partition coefficient (Wildman–Crippen LogP) is 2.08. The van der Waals surface area contributed by atoms with Crippen LogP contribution in [0.4, 0.5) is 0 Å². The Morgan fingerprint density at radius 2 is 2.12 bits per heavy atom. The van der Waals surface area contributed by atoms with Crippen LogP contribution in [0, 0.1) is 6.92 Å². The summed E-state index contributed by atoms with van der Waals surface area (Å²) in [5.74, 6) is -0.192. The van der Waals surface area contributed by atoms with Crippen LogP contribution in [0.2, 0.25) is 0 Å². The molecule has 1 amide bonds. The van der Waals surface area contributed by atoms with Crippen LogP contribution in [0.15, 0.2) is 11.0 Å². The van der Waals surface area contributed by atoms with Crippen LogP contribution in [0.25, 0.3) is 0 Å². The second-order valence-electron chi connectivity index (χ2n) is 3.29. The number of carbonyl (C=O) groups excluding carboxylic acids is 1.